The van der Waals surface area contributed by atoms with Gasteiger partial charge in [0.2, 0.25) is 0 Å². The van der Waals surface area contributed by atoms with Gasteiger partial charge < -0.3 is 9.47 Å². The molecule has 0 aliphatic heterocycles. The summed E-state index contributed by atoms with van der Waals surface area (Å²) < 4.78 is 12.9. The van der Waals surface area contributed by atoms with E-state index in [0.717, 1.165) is 34.9 Å². The molecule has 56 heavy (non-hydrogen) atoms. The Balaban J connectivity index is 1.46. The molecule has 8 rings (SSSR count). The third kappa shape index (κ3) is 7.96. The van der Waals surface area contributed by atoms with E-state index in [0.29, 0.717) is 0 Å². The smallest absolute Gasteiger partial charge is 0.127 e. The van der Waals surface area contributed by atoms with Gasteiger partial charge in [-0.3, -0.25) is 0 Å². The molecule has 0 aliphatic rings. The van der Waals surface area contributed by atoms with Gasteiger partial charge in [-0.05, 0) is 82.6 Å². The molecule has 274 valence electrons. The maximum absolute atomic E-state index is 6.46. The first-order valence-electron chi connectivity index (χ1n) is 19.0. The molecule has 0 heterocycles. The van der Waals surface area contributed by atoms with Crippen LogP contribution in [-0.2, 0) is 12.3 Å². The number of hydrogen-bond acceptors (Lipinski definition) is 2. The summed E-state index contributed by atoms with van der Waals surface area (Å²) in [5.74, 6) is 1.67. The van der Waals surface area contributed by atoms with Gasteiger partial charge in [-0.25, -0.2) is 0 Å². The Labute approximate surface area is 334 Å². The molecular formula is C52H44O2P2. The third-order valence-corrected chi connectivity index (χ3v) is 15.3. The van der Waals surface area contributed by atoms with Crippen molar-refractivity contribution in [1.29, 1.82) is 0 Å². The van der Waals surface area contributed by atoms with Gasteiger partial charge in [0.25, 0.3) is 0 Å². The van der Waals surface area contributed by atoms with Gasteiger partial charge in [-0.2, -0.15) is 0 Å². The van der Waals surface area contributed by atoms with Gasteiger partial charge in [0, 0.05) is 23.5 Å². The highest BCUT2D eigenvalue weighted by molar-refractivity contribution is 7.72. The Morgan fingerprint density at radius 2 is 0.589 bits per heavy atom. The summed E-state index contributed by atoms with van der Waals surface area (Å²) in [6, 6.07) is 74.5. The Morgan fingerprint density at radius 1 is 0.321 bits per heavy atom. The Morgan fingerprint density at radius 3 is 0.857 bits per heavy atom. The SMILES string of the molecule is COc1ccc(-c2ccccc2)c(CP(c2ccccc2)c2ccccc2)c1-c1c(OC)ccc(-c2ccccc2)c1CP(c1ccccc1)c1ccccc1. The Kier molecular flexibility index (Phi) is 11.8. The van der Waals surface area contributed by atoms with Crippen molar-refractivity contribution in [2.45, 2.75) is 12.3 Å². The van der Waals surface area contributed by atoms with Gasteiger partial charge in [0.15, 0.2) is 0 Å². The van der Waals surface area contributed by atoms with Crippen LogP contribution in [0.15, 0.2) is 206 Å². The molecule has 0 saturated heterocycles. The van der Waals surface area contributed by atoms with Crippen molar-refractivity contribution in [3.63, 3.8) is 0 Å². The summed E-state index contributed by atoms with van der Waals surface area (Å²) >= 11 is 0. The molecule has 0 bridgehead atoms. The van der Waals surface area contributed by atoms with Crippen molar-refractivity contribution in [3.8, 4) is 44.9 Å². The zero-order valence-corrected chi connectivity index (χ0v) is 33.5. The second-order valence-corrected chi connectivity index (χ2v) is 18.0. The van der Waals surface area contributed by atoms with Crippen molar-refractivity contribution >= 4 is 37.1 Å². The highest BCUT2D eigenvalue weighted by Gasteiger charge is 2.29. The average Bonchev–Trinajstić information content (AvgIpc) is 3.28. The molecule has 0 unspecified atom stereocenters. The molecule has 0 fully saturated rings. The standard InChI is InChI=1S/C52H44O2P2/c1-53-49-35-33-45(39-21-9-3-10-22-39)47(37-55(41-25-13-5-14-26-41)42-27-15-6-16-28-42)51(49)52-48(46(34-36-50(52)54-2)40-23-11-4-12-24-40)38-56(43-29-17-7-18-30-43)44-31-19-8-20-32-44/h3-36H,37-38H2,1-2H3. The molecule has 0 spiro atoms. The lowest BCUT2D eigenvalue weighted by Gasteiger charge is -2.28. The summed E-state index contributed by atoms with van der Waals surface area (Å²) in [7, 11) is 1.98. The van der Waals surface area contributed by atoms with Crippen molar-refractivity contribution in [2.75, 3.05) is 14.2 Å². The highest BCUT2D eigenvalue weighted by Crippen LogP contribution is 2.53. The van der Waals surface area contributed by atoms with Crippen LogP contribution < -0.4 is 30.7 Å². The van der Waals surface area contributed by atoms with E-state index in [-0.39, 0.29) is 0 Å². The Bertz CT molecular complexity index is 2220. The molecular weight excluding hydrogens is 719 g/mol. The van der Waals surface area contributed by atoms with Crippen LogP contribution >= 0.6 is 15.8 Å². The molecule has 0 atom stereocenters. The van der Waals surface area contributed by atoms with Crippen LogP contribution in [0.1, 0.15) is 11.1 Å². The minimum atomic E-state index is -0.814. The molecule has 8 aromatic carbocycles. The van der Waals surface area contributed by atoms with Gasteiger partial charge in [-0.1, -0.05) is 194 Å². The molecule has 0 radical (unpaired) electrons. The van der Waals surface area contributed by atoms with Crippen LogP contribution in [0, 0.1) is 0 Å². The lowest BCUT2D eigenvalue weighted by molar-refractivity contribution is 0.410. The molecule has 4 heteroatoms. The van der Waals surface area contributed by atoms with Gasteiger partial charge in [0.1, 0.15) is 11.5 Å². The van der Waals surface area contributed by atoms with Crippen molar-refractivity contribution < 1.29 is 9.47 Å². The lowest BCUT2D eigenvalue weighted by Crippen LogP contribution is -2.15. The molecule has 2 nitrogen and oxygen atoms in total. The predicted octanol–water partition coefficient (Wildman–Crippen LogP) is 12.0. The molecule has 0 saturated carbocycles. The lowest BCUT2D eigenvalue weighted by atomic mass is 9.86. The maximum atomic E-state index is 6.46. The quantitative estimate of drug-likeness (QED) is 0.109. The van der Waals surface area contributed by atoms with Crippen LogP contribution in [0.5, 0.6) is 11.5 Å². The number of benzene rings is 8. The van der Waals surface area contributed by atoms with E-state index in [9.17, 15) is 0 Å². The van der Waals surface area contributed by atoms with E-state index >= 15 is 0 Å². The van der Waals surface area contributed by atoms with E-state index in [1.807, 2.05) is 0 Å². The average molecular weight is 763 g/mol. The molecule has 0 aromatic heterocycles. The van der Waals surface area contributed by atoms with E-state index in [1.165, 1.54) is 54.6 Å². The van der Waals surface area contributed by atoms with Gasteiger partial charge in [-0.15, -0.1) is 0 Å². The zero-order valence-electron chi connectivity index (χ0n) is 31.8. The Hall–Kier alpha value is -5.78. The summed E-state index contributed by atoms with van der Waals surface area (Å²) in [5, 5.41) is 5.35. The minimum Gasteiger partial charge on any atom is -0.496 e. The van der Waals surface area contributed by atoms with E-state index in [2.05, 4.69) is 206 Å². The first-order valence-corrected chi connectivity index (χ1v) is 22.0. The minimum absolute atomic E-state index is 0.810. The van der Waals surface area contributed by atoms with Crippen LogP contribution in [0.4, 0.5) is 0 Å². The van der Waals surface area contributed by atoms with Crippen molar-refractivity contribution in [3.05, 3.63) is 217 Å². The summed E-state index contributed by atoms with van der Waals surface area (Å²) in [5.41, 5.74) is 9.45. The predicted molar refractivity (Wildman–Crippen MR) is 241 cm³/mol. The van der Waals surface area contributed by atoms with E-state index in [1.54, 1.807) is 14.2 Å². The molecule has 0 aliphatic carbocycles. The van der Waals surface area contributed by atoms with Gasteiger partial charge in [0.05, 0.1) is 14.2 Å². The van der Waals surface area contributed by atoms with Crippen LogP contribution in [0.2, 0.25) is 0 Å². The number of ether oxygens (including phenoxy) is 2. The maximum Gasteiger partial charge on any atom is 0.127 e. The third-order valence-electron chi connectivity index (χ3n) is 10.3. The molecule has 8 aromatic rings. The van der Waals surface area contributed by atoms with Crippen molar-refractivity contribution in [1.82, 2.24) is 0 Å². The first kappa shape index (κ1) is 37.2. The fourth-order valence-corrected chi connectivity index (χ4v) is 12.4. The number of rotatable bonds is 13. The number of hydrogen-bond donors (Lipinski definition) is 0. The fourth-order valence-electron chi connectivity index (χ4n) is 7.66. The summed E-state index contributed by atoms with van der Waals surface area (Å²) in [6.07, 6.45) is 1.62. The van der Waals surface area contributed by atoms with Gasteiger partial charge >= 0.3 is 0 Å². The summed E-state index contributed by atoms with van der Waals surface area (Å²) in [4.78, 5) is 0. The van der Waals surface area contributed by atoms with Crippen LogP contribution in [0.3, 0.4) is 0 Å². The second kappa shape index (κ2) is 17.8. The summed E-state index contributed by atoms with van der Waals surface area (Å²) in [6.45, 7) is 0. The fraction of sp³-hybridized carbons (Fsp3) is 0.0769. The van der Waals surface area contributed by atoms with Crippen LogP contribution in [-0.4, -0.2) is 14.2 Å². The normalized spacial score (nSPS) is 11.1. The first-order chi connectivity index (χ1) is 27.7. The van der Waals surface area contributed by atoms with E-state index < -0.39 is 15.8 Å². The second-order valence-electron chi connectivity index (χ2n) is 13.6. The number of methoxy groups -OCH3 is 2. The van der Waals surface area contributed by atoms with E-state index in [4.69, 9.17) is 9.47 Å². The largest absolute Gasteiger partial charge is 0.496 e. The topological polar surface area (TPSA) is 18.5 Å². The highest BCUT2D eigenvalue weighted by atomic mass is 31.1. The molecule has 0 N–H and O–H groups in total. The zero-order chi connectivity index (χ0) is 38.1. The van der Waals surface area contributed by atoms with Crippen molar-refractivity contribution in [2.24, 2.45) is 0 Å². The molecule has 0 amide bonds. The van der Waals surface area contributed by atoms with Crippen LogP contribution in [0.25, 0.3) is 33.4 Å². The monoisotopic (exact) mass is 762 g/mol.